The minimum atomic E-state index is 0.723. The lowest BCUT2D eigenvalue weighted by atomic mass is 10.2. The van der Waals surface area contributed by atoms with Crippen LogP contribution in [0.15, 0.2) is 16.8 Å². The SMILES string of the molecule is CC(C)CNCC=C=CBr. The summed E-state index contributed by atoms with van der Waals surface area (Å²) in [6.07, 6.45) is 1.96. The van der Waals surface area contributed by atoms with Crippen LogP contribution in [0.1, 0.15) is 13.8 Å². The molecule has 1 N–H and O–H groups in total. The van der Waals surface area contributed by atoms with Gasteiger partial charge in [-0.1, -0.05) is 29.8 Å². The Kier molecular flexibility index (Phi) is 7.04. The highest BCUT2D eigenvalue weighted by Gasteiger charge is 1.88. The Bertz CT molecular complexity index is 123. The van der Waals surface area contributed by atoms with Crippen molar-refractivity contribution in [3.05, 3.63) is 16.8 Å². The standard InChI is InChI=1S/C8H14BrN/c1-8(2)7-10-6-4-3-5-9/h4-5,8,10H,6-7H2,1-2H3. The maximum absolute atomic E-state index is 3.26. The van der Waals surface area contributed by atoms with Crippen molar-refractivity contribution in [1.82, 2.24) is 5.32 Å². The summed E-state index contributed by atoms with van der Waals surface area (Å²) in [5, 5.41) is 3.26. The van der Waals surface area contributed by atoms with Crippen molar-refractivity contribution in [3.63, 3.8) is 0 Å². The minimum Gasteiger partial charge on any atom is -0.312 e. The van der Waals surface area contributed by atoms with Gasteiger partial charge >= 0.3 is 0 Å². The third kappa shape index (κ3) is 7.96. The van der Waals surface area contributed by atoms with Crippen molar-refractivity contribution < 1.29 is 0 Å². The number of hydrogen-bond donors (Lipinski definition) is 1. The quantitative estimate of drug-likeness (QED) is 0.547. The molecule has 0 aliphatic rings. The van der Waals surface area contributed by atoms with Gasteiger partial charge in [-0.2, -0.15) is 0 Å². The molecule has 0 aromatic heterocycles. The van der Waals surface area contributed by atoms with Crippen molar-refractivity contribution in [1.29, 1.82) is 0 Å². The van der Waals surface area contributed by atoms with Gasteiger partial charge in [-0.15, -0.1) is 5.73 Å². The fourth-order valence-electron chi connectivity index (χ4n) is 0.548. The van der Waals surface area contributed by atoms with E-state index >= 15 is 0 Å². The zero-order valence-electron chi connectivity index (χ0n) is 6.52. The summed E-state index contributed by atoms with van der Waals surface area (Å²) in [6.45, 7) is 6.36. The summed E-state index contributed by atoms with van der Waals surface area (Å²) in [6, 6.07) is 0. The van der Waals surface area contributed by atoms with E-state index in [9.17, 15) is 0 Å². The second kappa shape index (κ2) is 7.07. The lowest BCUT2D eigenvalue weighted by Crippen LogP contribution is -2.19. The predicted molar refractivity (Wildman–Crippen MR) is 49.3 cm³/mol. The summed E-state index contributed by atoms with van der Waals surface area (Å²) in [7, 11) is 0. The average molecular weight is 204 g/mol. The Labute approximate surface area is 71.3 Å². The Morgan fingerprint density at radius 1 is 1.60 bits per heavy atom. The molecule has 0 aliphatic heterocycles. The maximum Gasteiger partial charge on any atom is 0.0229 e. The molecule has 0 spiro atoms. The Morgan fingerprint density at radius 2 is 2.30 bits per heavy atom. The molecule has 0 atom stereocenters. The van der Waals surface area contributed by atoms with Gasteiger partial charge in [0.2, 0.25) is 0 Å². The van der Waals surface area contributed by atoms with Crippen LogP contribution in [0, 0.1) is 5.92 Å². The van der Waals surface area contributed by atoms with E-state index in [4.69, 9.17) is 0 Å². The van der Waals surface area contributed by atoms with E-state index in [-0.39, 0.29) is 0 Å². The van der Waals surface area contributed by atoms with E-state index in [2.05, 4.69) is 40.8 Å². The van der Waals surface area contributed by atoms with E-state index in [1.807, 2.05) is 6.08 Å². The molecule has 58 valence electrons. The minimum absolute atomic E-state index is 0.723. The van der Waals surface area contributed by atoms with Crippen LogP contribution in [-0.2, 0) is 0 Å². The zero-order valence-corrected chi connectivity index (χ0v) is 8.11. The predicted octanol–water partition coefficient (Wildman–Crippen LogP) is 2.30. The van der Waals surface area contributed by atoms with Crippen molar-refractivity contribution in [2.45, 2.75) is 13.8 Å². The fourth-order valence-corrected chi connectivity index (χ4v) is 0.735. The molecule has 0 heterocycles. The molecule has 0 aliphatic carbocycles. The van der Waals surface area contributed by atoms with Crippen molar-refractivity contribution in [2.75, 3.05) is 13.1 Å². The average Bonchev–Trinajstić information content (AvgIpc) is 1.87. The Hall–Kier alpha value is -0.0400. The second-order valence-corrected chi connectivity index (χ2v) is 2.99. The monoisotopic (exact) mass is 203 g/mol. The first-order chi connectivity index (χ1) is 4.77. The number of nitrogens with one attached hydrogen (secondary N) is 1. The normalized spacial score (nSPS) is 9.20. The lowest BCUT2D eigenvalue weighted by Gasteiger charge is -2.02. The molecule has 2 heteroatoms. The molecular weight excluding hydrogens is 190 g/mol. The van der Waals surface area contributed by atoms with Crippen LogP contribution < -0.4 is 5.32 Å². The molecule has 0 bridgehead atoms. The van der Waals surface area contributed by atoms with Gasteiger partial charge < -0.3 is 5.32 Å². The first-order valence-electron chi connectivity index (χ1n) is 3.47. The molecule has 0 amide bonds. The molecule has 0 fully saturated rings. The van der Waals surface area contributed by atoms with Gasteiger partial charge in [0.15, 0.2) is 0 Å². The van der Waals surface area contributed by atoms with Crippen LogP contribution in [0.3, 0.4) is 0 Å². The number of hydrogen-bond acceptors (Lipinski definition) is 1. The van der Waals surface area contributed by atoms with E-state index < -0.39 is 0 Å². The highest BCUT2D eigenvalue weighted by atomic mass is 79.9. The molecule has 0 unspecified atom stereocenters. The van der Waals surface area contributed by atoms with Crippen LogP contribution in [0.4, 0.5) is 0 Å². The number of halogens is 1. The van der Waals surface area contributed by atoms with E-state index in [1.165, 1.54) is 0 Å². The molecule has 0 saturated carbocycles. The highest BCUT2D eigenvalue weighted by molar-refractivity contribution is 9.11. The van der Waals surface area contributed by atoms with E-state index in [0.717, 1.165) is 19.0 Å². The van der Waals surface area contributed by atoms with Crippen molar-refractivity contribution in [2.24, 2.45) is 5.92 Å². The summed E-state index contributed by atoms with van der Waals surface area (Å²) in [5.74, 6) is 0.723. The highest BCUT2D eigenvalue weighted by Crippen LogP contribution is 1.85. The van der Waals surface area contributed by atoms with Crippen molar-refractivity contribution >= 4 is 15.9 Å². The molecular formula is C8H14BrN. The summed E-state index contributed by atoms with van der Waals surface area (Å²) < 4.78 is 0. The third-order valence-corrected chi connectivity index (χ3v) is 1.24. The fraction of sp³-hybridized carbons (Fsp3) is 0.625. The molecule has 0 rings (SSSR count). The van der Waals surface area contributed by atoms with Crippen LogP contribution in [0.2, 0.25) is 0 Å². The summed E-state index contributed by atoms with van der Waals surface area (Å²) in [4.78, 5) is 1.73. The molecule has 0 aromatic rings. The number of rotatable bonds is 4. The van der Waals surface area contributed by atoms with E-state index in [0.29, 0.717) is 0 Å². The molecule has 10 heavy (non-hydrogen) atoms. The summed E-state index contributed by atoms with van der Waals surface area (Å²) in [5.41, 5.74) is 2.93. The summed E-state index contributed by atoms with van der Waals surface area (Å²) >= 11 is 3.14. The topological polar surface area (TPSA) is 12.0 Å². The van der Waals surface area contributed by atoms with Crippen LogP contribution in [0.5, 0.6) is 0 Å². The first kappa shape index (κ1) is 9.96. The molecule has 0 radical (unpaired) electrons. The Morgan fingerprint density at radius 3 is 2.80 bits per heavy atom. The van der Waals surface area contributed by atoms with Gasteiger partial charge in [0.25, 0.3) is 0 Å². The van der Waals surface area contributed by atoms with Gasteiger partial charge in [-0.25, -0.2) is 0 Å². The van der Waals surface area contributed by atoms with Gasteiger partial charge in [0.1, 0.15) is 0 Å². The van der Waals surface area contributed by atoms with Gasteiger partial charge in [-0.05, 0) is 18.5 Å². The largest absolute Gasteiger partial charge is 0.312 e. The molecule has 0 saturated heterocycles. The molecule has 0 aromatic carbocycles. The van der Waals surface area contributed by atoms with Gasteiger partial charge in [0.05, 0.1) is 0 Å². The van der Waals surface area contributed by atoms with Gasteiger partial charge in [-0.3, -0.25) is 0 Å². The zero-order chi connectivity index (χ0) is 7.82. The molecule has 1 nitrogen and oxygen atoms in total. The first-order valence-corrected chi connectivity index (χ1v) is 4.39. The van der Waals surface area contributed by atoms with Crippen LogP contribution >= 0.6 is 15.9 Å². The second-order valence-electron chi connectivity index (χ2n) is 2.53. The van der Waals surface area contributed by atoms with Crippen LogP contribution in [0.25, 0.3) is 0 Å². The third-order valence-electron chi connectivity index (χ3n) is 0.980. The maximum atomic E-state index is 3.26. The van der Waals surface area contributed by atoms with Gasteiger partial charge in [0, 0.05) is 11.5 Å². The van der Waals surface area contributed by atoms with Crippen LogP contribution in [-0.4, -0.2) is 13.1 Å². The van der Waals surface area contributed by atoms with Crippen molar-refractivity contribution in [3.8, 4) is 0 Å². The smallest absolute Gasteiger partial charge is 0.0229 e. The lowest BCUT2D eigenvalue weighted by molar-refractivity contribution is 0.577. The van der Waals surface area contributed by atoms with E-state index in [1.54, 1.807) is 4.99 Å². The Balaban J connectivity index is 3.13.